The molecule has 2 atom stereocenters. The predicted octanol–water partition coefficient (Wildman–Crippen LogP) is 1.29. The van der Waals surface area contributed by atoms with Crippen LogP contribution in [0.15, 0.2) is 11.2 Å². The van der Waals surface area contributed by atoms with Crippen molar-refractivity contribution in [2.24, 2.45) is 0 Å². The molecule has 0 aromatic carbocycles. The molecule has 7 nitrogen and oxygen atoms in total. The summed E-state index contributed by atoms with van der Waals surface area (Å²) < 4.78 is 26.6. The SMILES string of the molecule is CCCC1SCC(C(=O)O)N1S(=O)(=O)c1cnc(CC)[nH]1. The molecule has 1 saturated heterocycles. The van der Waals surface area contributed by atoms with Crippen molar-refractivity contribution < 1.29 is 18.3 Å². The highest BCUT2D eigenvalue weighted by molar-refractivity contribution is 8.01. The van der Waals surface area contributed by atoms with E-state index in [0.717, 1.165) is 10.7 Å². The largest absolute Gasteiger partial charge is 0.480 e. The average Bonchev–Trinajstić information content (AvgIpc) is 3.05. The summed E-state index contributed by atoms with van der Waals surface area (Å²) in [6, 6.07) is -1.02. The number of aromatic nitrogens is 2. The van der Waals surface area contributed by atoms with Gasteiger partial charge in [0.05, 0.1) is 11.6 Å². The third-order valence-electron chi connectivity index (χ3n) is 3.35. The third kappa shape index (κ3) is 3.09. The van der Waals surface area contributed by atoms with E-state index in [4.69, 9.17) is 0 Å². The van der Waals surface area contributed by atoms with E-state index in [1.807, 2.05) is 13.8 Å². The molecule has 2 N–H and O–H groups in total. The number of H-pyrrole nitrogens is 1. The summed E-state index contributed by atoms with van der Waals surface area (Å²) in [5.74, 6) is -0.271. The summed E-state index contributed by atoms with van der Waals surface area (Å²) in [6.07, 6.45) is 3.27. The Bertz CT molecular complexity index is 614. The molecule has 0 bridgehead atoms. The Hall–Kier alpha value is -1.06. The van der Waals surface area contributed by atoms with Crippen LogP contribution >= 0.6 is 11.8 Å². The number of aromatic amines is 1. The Kier molecular flexibility index (Phi) is 4.95. The smallest absolute Gasteiger partial charge is 0.322 e. The molecule has 1 aliphatic heterocycles. The fraction of sp³-hybridized carbons (Fsp3) is 0.667. The van der Waals surface area contributed by atoms with Gasteiger partial charge < -0.3 is 10.1 Å². The molecule has 1 aromatic heterocycles. The quantitative estimate of drug-likeness (QED) is 0.813. The normalized spacial score (nSPS) is 23.5. The Morgan fingerprint density at radius 3 is 2.81 bits per heavy atom. The molecule has 0 spiro atoms. The van der Waals surface area contributed by atoms with Gasteiger partial charge >= 0.3 is 5.97 Å². The summed E-state index contributed by atoms with van der Waals surface area (Å²) in [4.78, 5) is 18.1. The monoisotopic (exact) mass is 333 g/mol. The van der Waals surface area contributed by atoms with Crippen molar-refractivity contribution in [2.45, 2.75) is 49.6 Å². The number of nitrogens with zero attached hydrogens (tertiary/aromatic N) is 2. The van der Waals surface area contributed by atoms with Gasteiger partial charge in [0.2, 0.25) is 0 Å². The number of aliphatic carboxylic acids is 1. The first-order chi connectivity index (χ1) is 9.91. The molecule has 1 fully saturated rings. The van der Waals surface area contributed by atoms with Crippen LogP contribution in [0, 0.1) is 0 Å². The van der Waals surface area contributed by atoms with E-state index in [9.17, 15) is 18.3 Å². The van der Waals surface area contributed by atoms with Crippen molar-refractivity contribution in [3.8, 4) is 0 Å². The minimum absolute atomic E-state index is 0.0331. The number of nitrogens with one attached hydrogen (secondary N) is 1. The zero-order valence-electron chi connectivity index (χ0n) is 11.9. The molecular weight excluding hydrogens is 314 g/mol. The van der Waals surface area contributed by atoms with Crippen molar-refractivity contribution >= 4 is 27.8 Å². The number of rotatable bonds is 6. The first-order valence-corrected chi connectivity index (χ1v) is 9.32. The van der Waals surface area contributed by atoms with Crippen LogP contribution in [0.25, 0.3) is 0 Å². The van der Waals surface area contributed by atoms with Crippen LogP contribution in [0.4, 0.5) is 0 Å². The molecule has 0 amide bonds. The highest BCUT2D eigenvalue weighted by Gasteiger charge is 2.46. The summed E-state index contributed by atoms with van der Waals surface area (Å²) in [6.45, 7) is 3.81. The zero-order valence-corrected chi connectivity index (χ0v) is 13.6. The molecule has 118 valence electrons. The van der Waals surface area contributed by atoms with Gasteiger partial charge in [-0.2, -0.15) is 4.31 Å². The summed E-state index contributed by atoms with van der Waals surface area (Å²) in [5, 5.41) is 8.91. The van der Waals surface area contributed by atoms with Crippen LogP contribution in [-0.4, -0.2) is 50.9 Å². The summed E-state index contributed by atoms with van der Waals surface area (Å²) in [5.41, 5.74) is 0. The van der Waals surface area contributed by atoms with Crippen LogP contribution in [0.2, 0.25) is 0 Å². The number of hydrogen-bond donors (Lipinski definition) is 2. The van der Waals surface area contributed by atoms with Crippen LogP contribution in [-0.2, 0) is 21.2 Å². The van der Waals surface area contributed by atoms with Crippen molar-refractivity contribution in [3.05, 3.63) is 12.0 Å². The molecule has 1 aliphatic rings. The minimum atomic E-state index is -3.88. The van der Waals surface area contributed by atoms with Gasteiger partial charge in [0.1, 0.15) is 11.9 Å². The van der Waals surface area contributed by atoms with Gasteiger partial charge in [0, 0.05) is 12.2 Å². The van der Waals surface area contributed by atoms with Crippen LogP contribution in [0.5, 0.6) is 0 Å². The maximum absolute atomic E-state index is 12.7. The van der Waals surface area contributed by atoms with Crippen LogP contribution in [0.3, 0.4) is 0 Å². The fourth-order valence-electron chi connectivity index (χ4n) is 2.28. The second-order valence-electron chi connectivity index (χ2n) is 4.81. The Balaban J connectivity index is 2.39. The zero-order chi connectivity index (χ0) is 15.6. The maximum Gasteiger partial charge on any atom is 0.322 e. The predicted molar refractivity (Wildman–Crippen MR) is 79.6 cm³/mol. The van der Waals surface area contributed by atoms with Gasteiger partial charge in [-0.15, -0.1) is 11.8 Å². The molecular formula is C12H19N3O4S2. The van der Waals surface area contributed by atoms with E-state index in [1.54, 1.807) is 0 Å². The Morgan fingerprint density at radius 2 is 2.29 bits per heavy atom. The third-order valence-corrected chi connectivity index (χ3v) is 6.67. The van der Waals surface area contributed by atoms with Gasteiger partial charge in [-0.05, 0) is 6.42 Å². The second-order valence-corrected chi connectivity index (χ2v) is 7.84. The highest BCUT2D eigenvalue weighted by Crippen LogP contribution is 2.36. The van der Waals surface area contributed by atoms with Crippen molar-refractivity contribution in [2.75, 3.05) is 5.75 Å². The van der Waals surface area contributed by atoms with Crippen molar-refractivity contribution in [1.82, 2.24) is 14.3 Å². The first kappa shape index (κ1) is 16.3. The van der Waals surface area contributed by atoms with E-state index in [2.05, 4.69) is 9.97 Å². The highest BCUT2D eigenvalue weighted by atomic mass is 32.2. The van der Waals surface area contributed by atoms with E-state index in [1.165, 1.54) is 18.0 Å². The lowest BCUT2D eigenvalue weighted by Crippen LogP contribution is -2.45. The first-order valence-electron chi connectivity index (χ1n) is 6.83. The van der Waals surface area contributed by atoms with Crippen molar-refractivity contribution in [3.63, 3.8) is 0 Å². The number of hydrogen-bond acceptors (Lipinski definition) is 5. The minimum Gasteiger partial charge on any atom is -0.480 e. The number of imidazole rings is 1. The molecule has 1 aromatic rings. The second kappa shape index (κ2) is 6.37. The van der Waals surface area contributed by atoms with Gasteiger partial charge in [0.15, 0.2) is 5.03 Å². The fourth-order valence-corrected chi connectivity index (χ4v) is 5.87. The molecule has 2 heterocycles. The van der Waals surface area contributed by atoms with Gasteiger partial charge in [-0.25, -0.2) is 13.4 Å². The van der Waals surface area contributed by atoms with Crippen molar-refractivity contribution in [1.29, 1.82) is 0 Å². The molecule has 0 saturated carbocycles. The number of carbonyl (C=O) groups is 1. The van der Waals surface area contributed by atoms with E-state index >= 15 is 0 Å². The Morgan fingerprint density at radius 1 is 1.57 bits per heavy atom. The number of aryl methyl sites for hydroxylation is 1. The van der Waals surface area contributed by atoms with Gasteiger partial charge in [-0.1, -0.05) is 20.3 Å². The van der Waals surface area contributed by atoms with E-state index in [0.29, 0.717) is 18.7 Å². The standard InChI is InChI=1S/C12H19N3O4S2/c1-3-5-11-15(8(7-20-11)12(16)17)21(18,19)10-6-13-9(4-2)14-10/h6,8,11H,3-5,7H2,1-2H3,(H,13,14)(H,16,17). The van der Waals surface area contributed by atoms with Crippen LogP contribution < -0.4 is 0 Å². The summed E-state index contributed by atoms with van der Waals surface area (Å²) in [7, 11) is -3.88. The van der Waals surface area contributed by atoms with Crippen LogP contribution in [0.1, 0.15) is 32.5 Å². The number of sulfonamides is 1. The van der Waals surface area contributed by atoms with E-state index in [-0.39, 0.29) is 16.2 Å². The van der Waals surface area contributed by atoms with Gasteiger partial charge in [0.25, 0.3) is 10.0 Å². The number of thioether (sulfide) groups is 1. The van der Waals surface area contributed by atoms with Gasteiger partial charge in [-0.3, -0.25) is 4.79 Å². The number of carboxylic acids is 1. The average molecular weight is 333 g/mol. The molecule has 0 aliphatic carbocycles. The molecule has 9 heteroatoms. The topological polar surface area (TPSA) is 103 Å². The lowest BCUT2D eigenvalue weighted by atomic mass is 10.3. The maximum atomic E-state index is 12.7. The number of carboxylic acid groups (broad SMARTS) is 1. The lowest BCUT2D eigenvalue weighted by molar-refractivity contribution is -0.140. The molecule has 2 unspecified atom stereocenters. The molecule has 2 rings (SSSR count). The lowest BCUT2D eigenvalue weighted by Gasteiger charge is -2.25. The summed E-state index contributed by atoms with van der Waals surface area (Å²) >= 11 is 1.38. The molecule has 0 radical (unpaired) electrons. The Labute approximate surface area is 128 Å². The van der Waals surface area contributed by atoms with E-state index < -0.39 is 22.0 Å². The molecule has 21 heavy (non-hydrogen) atoms.